The van der Waals surface area contributed by atoms with Gasteiger partial charge in [0.25, 0.3) is 5.91 Å². The highest BCUT2D eigenvalue weighted by molar-refractivity contribution is 6.30. The Balaban J connectivity index is 1.45. The van der Waals surface area contributed by atoms with E-state index in [0.29, 0.717) is 28.9 Å². The molecule has 6 nitrogen and oxygen atoms in total. The van der Waals surface area contributed by atoms with Gasteiger partial charge in [-0.3, -0.25) is 4.79 Å². The summed E-state index contributed by atoms with van der Waals surface area (Å²) < 4.78 is 13.0. The van der Waals surface area contributed by atoms with Crippen molar-refractivity contribution in [1.82, 2.24) is 9.78 Å². The smallest absolute Gasteiger partial charge is 0.270 e. The number of para-hydroxylation sites is 2. The number of halogens is 1. The maximum Gasteiger partial charge on any atom is 0.270 e. The van der Waals surface area contributed by atoms with Crippen LogP contribution in [0.15, 0.2) is 60.8 Å². The van der Waals surface area contributed by atoms with Gasteiger partial charge in [0.1, 0.15) is 12.4 Å². The molecule has 4 rings (SSSR count). The number of hydrogen-bond acceptors (Lipinski definition) is 4. The van der Waals surface area contributed by atoms with E-state index in [4.69, 9.17) is 21.1 Å². The molecule has 0 saturated carbocycles. The molecule has 2 heterocycles. The van der Waals surface area contributed by atoms with Crippen molar-refractivity contribution < 1.29 is 14.3 Å². The number of hydrogen-bond donors (Lipinski definition) is 1. The highest BCUT2D eigenvalue weighted by Crippen LogP contribution is 2.31. The average molecular weight is 370 g/mol. The van der Waals surface area contributed by atoms with E-state index in [1.54, 1.807) is 23.0 Å². The first-order chi connectivity index (χ1) is 12.7. The highest BCUT2D eigenvalue weighted by atomic mass is 35.5. The molecular formula is C19H16ClN3O3. The zero-order chi connectivity index (χ0) is 17.9. The van der Waals surface area contributed by atoms with E-state index in [0.717, 1.165) is 5.56 Å². The Labute approximate surface area is 155 Å². The molecule has 26 heavy (non-hydrogen) atoms. The standard InChI is InChI=1S/C19H16ClN3O3/c20-14-5-3-4-13(10-14)11-23-18(8-9-21-23)22-19(24)17-12-25-15-6-1-2-7-16(15)26-17/h1-10,17H,11-12H2,(H,22,24)/t17-/m0/s1. The van der Waals surface area contributed by atoms with E-state index in [-0.39, 0.29) is 12.5 Å². The van der Waals surface area contributed by atoms with Crippen LogP contribution in [0, 0.1) is 0 Å². The van der Waals surface area contributed by atoms with Gasteiger partial charge in [0, 0.05) is 11.1 Å². The number of carbonyl (C=O) groups excluding carboxylic acids is 1. The molecular weight excluding hydrogens is 354 g/mol. The molecule has 0 radical (unpaired) electrons. The van der Waals surface area contributed by atoms with Crippen molar-refractivity contribution in [1.29, 1.82) is 0 Å². The second-order valence-corrected chi connectivity index (χ2v) is 6.29. The summed E-state index contributed by atoms with van der Waals surface area (Å²) in [5, 5.41) is 7.77. The summed E-state index contributed by atoms with van der Waals surface area (Å²) in [5.41, 5.74) is 0.989. The molecule has 0 bridgehead atoms. The lowest BCUT2D eigenvalue weighted by Gasteiger charge is -2.25. The van der Waals surface area contributed by atoms with Crippen LogP contribution in [-0.4, -0.2) is 28.4 Å². The van der Waals surface area contributed by atoms with Crippen molar-refractivity contribution in [3.63, 3.8) is 0 Å². The summed E-state index contributed by atoms with van der Waals surface area (Å²) in [6.07, 6.45) is 0.910. The maximum atomic E-state index is 12.6. The maximum absolute atomic E-state index is 12.6. The van der Waals surface area contributed by atoms with E-state index in [1.165, 1.54) is 0 Å². The Bertz CT molecular complexity index is 941. The van der Waals surface area contributed by atoms with Crippen LogP contribution in [0.3, 0.4) is 0 Å². The quantitative estimate of drug-likeness (QED) is 0.765. The van der Waals surface area contributed by atoms with Crippen LogP contribution in [0.2, 0.25) is 5.02 Å². The van der Waals surface area contributed by atoms with E-state index in [2.05, 4.69) is 10.4 Å². The number of nitrogens with one attached hydrogen (secondary N) is 1. The van der Waals surface area contributed by atoms with Crippen molar-refractivity contribution in [2.75, 3.05) is 11.9 Å². The predicted octanol–water partition coefficient (Wildman–Crippen LogP) is 3.36. The second-order valence-electron chi connectivity index (χ2n) is 5.86. The van der Waals surface area contributed by atoms with Crippen molar-refractivity contribution >= 4 is 23.3 Å². The Hall–Kier alpha value is -2.99. The molecule has 0 fully saturated rings. The third-order valence-corrected chi connectivity index (χ3v) is 4.23. The fourth-order valence-electron chi connectivity index (χ4n) is 2.73. The zero-order valence-electron chi connectivity index (χ0n) is 13.8. The third-order valence-electron chi connectivity index (χ3n) is 3.99. The molecule has 0 unspecified atom stereocenters. The molecule has 7 heteroatoms. The molecule has 1 amide bonds. The number of carbonyl (C=O) groups is 1. The van der Waals surface area contributed by atoms with Crippen molar-refractivity contribution in [2.24, 2.45) is 0 Å². The number of amides is 1. The summed E-state index contributed by atoms with van der Waals surface area (Å²) in [6, 6.07) is 16.5. The van der Waals surface area contributed by atoms with Crippen LogP contribution in [0.4, 0.5) is 5.82 Å². The molecule has 0 spiro atoms. The largest absolute Gasteiger partial charge is 0.485 e. The molecule has 1 N–H and O–H groups in total. The monoisotopic (exact) mass is 369 g/mol. The number of aromatic nitrogens is 2. The fourth-order valence-corrected chi connectivity index (χ4v) is 2.94. The van der Waals surface area contributed by atoms with Crippen LogP contribution < -0.4 is 14.8 Å². The summed E-state index contributed by atoms with van der Waals surface area (Å²) in [5.74, 6) is 1.50. The van der Waals surface area contributed by atoms with Crippen LogP contribution in [0.1, 0.15) is 5.56 Å². The van der Waals surface area contributed by atoms with Gasteiger partial charge < -0.3 is 14.8 Å². The van der Waals surface area contributed by atoms with E-state index < -0.39 is 6.10 Å². The van der Waals surface area contributed by atoms with Crippen molar-refractivity contribution in [3.05, 3.63) is 71.4 Å². The first-order valence-electron chi connectivity index (χ1n) is 8.14. The van der Waals surface area contributed by atoms with E-state index in [1.807, 2.05) is 42.5 Å². The number of benzene rings is 2. The fraction of sp³-hybridized carbons (Fsp3) is 0.158. The van der Waals surface area contributed by atoms with Crippen molar-refractivity contribution in [2.45, 2.75) is 12.6 Å². The zero-order valence-corrected chi connectivity index (χ0v) is 14.5. The molecule has 1 aromatic heterocycles. The van der Waals surface area contributed by atoms with Gasteiger partial charge in [0.2, 0.25) is 6.10 Å². The molecule has 3 aromatic rings. The van der Waals surface area contributed by atoms with Gasteiger partial charge in [0.05, 0.1) is 12.7 Å². The summed E-state index contributed by atoms with van der Waals surface area (Å²) in [6.45, 7) is 0.652. The second kappa shape index (κ2) is 7.09. The molecule has 1 aliphatic rings. The molecule has 0 aliphatic carbocycles. The molecule has 2 aromatic carbocycles. The lowest BCUT2D eigenvalue weighted by atomic mass is 10.2. The summed E-state index contributed by atoms with van der Waals surface area (Å²) in [4.78, 5) is 12.6. The third kappa shape index (κ3) is 3.50. The van der Waals surface area contributed by atoms with E-state index >= 15 is 0 Å². The first-order valence-corrected chi connectivity index (χ1v) is 8.52. The van der Waals surface area contributed by atoms with Crippen LogP contribution >= 0.6 is 11.6 Å². The predicted molar refractivity (Wildman–Crippen MR) is 97.8 cm³/mol. The average Bonchev–Trinajstić information content (AvgIpc) is 3.08. The SMILES string of the molecule is O=C(Nc1ccnn1Cc1cccc(Cl)c1)[C@@H]1COc2ccccc2O1. The van der Waals surface area contributed by atoms with Crippen LogP contribution in [-0.2, 0) is 11.3 Å². The van der Waals surface area contributed by atoms with Crippen molar-refractivity contribution in [3.8, 4) is 11.5 Å². The summed E-state index contributed by atoms with van der Waals surface area (Å²) >= 11 is 6.02. The minimum Gasteiger partial charge on any atom is -0.485 e. The lowest BCUT2D eigenvalue weighted by molar-refractivity contribution is -0.125. The first kappa shape index (κ1) is 16.5. The van der Waals surface area contributed by atoms with Gasteiger partial charge in [-0.1, -0.05) is 35.9 Å². The minimum atomic E-state index is -0.723. The Morgan fingerprint density at radius 2 is 2.04 bits per heavy atom. The topological polar surface area (TPSA) is 65.4 Å². The Kier molecular flexibility index (Phi) is 4.50. The number of ether oxygens (including phenoxy) is 2. The van der Waals surface area contributed by atoms with Crippen LogP contribution in [0.5, 0.6) is 11.5 Å². The number of rotatable bonds is 4. The van der Waals surface area contributed by atoms with Gasteiger partial charge in [0.15, 0.2) is 11.5 Å². The van der Waals surface area contributed by atoms with Gasteiger partial charge in [-0.15, -0.1) is 0 Å². The molecule has 132 valence electrons. The number of nitrogens with zero attached hydrogens (tertiary/aromatic N) is 2. The minimum absolute atomic E-state index is 0.158. The number of fused-ring (bicyclic) bond motifs is 1. The normalized spacial score (nSPS) is 15.5. The Morgan fingerprint density at radius 1 is 1.19 bits per heavy atom. The van der Waals surface area contributed by atoms with Gasteiger partial charge >= 0.3 is 0 Å². The highest BCUT2D eigenvalue weighted by Gasteiger charge is 2.27. The summed E-state index contributed by atoms with van der Waals surface area (Å²) in [7, 11) is 0. The van der Waals surface area contributed by atoms with Gasteiger partial charge in [-0.25, -0.2) is 4.68 Å². The number of anilines is 1. The molecule has 1 atom stereocenters. The van der Waals surface area contributed by atoms with Gasteiger partial charge in [-0.05, 0) is 29.8 Å². The lowest BCUT2D eigenvalue weighted by Crippen LogP contribution is -2.40. The molecule has 1 aliphatic heterocycles. The van der Waals surface area contributed by atoms with Gasteiger partial charge in [-0.2, -0.15) is 5.10 Å². The van der Waals surface area contributed by atoms with Crippen LogP contribution in [0.25, 0.3) is 0 Å². The Morgan fingerprint density at radius 3 is 2.88 bits per heavy atom. The molecule has 0 saturated heterocycles. The van der Waals surface area contributed by atoms with E-state index in [9.17, 15) is 4.79 Å².